The molecule has 0 saturated heterocycles. The fourth-order valence-electron chi connectivity index (χ4n) is 2.00. The zero-order valence-electron chi connectivity index (χ0n) is 11.0. The zero-order chi connectivity index (χ0) is 12.1. The van der Waals surface area contributed by atoms with Crippen LogP contribution < -0.4 is 5.73 Å². The lowest BCUT2D eigenvalue weighted by Crippen LogP contribution is -2.09. The number of nitrogens with two attached hydrogens (primary N) is 1. The van der Waals surface area contributed by atoms with Crippen LogP contribution >= 0.6 is 22.6 Å². The van der Waals surface area contributed by atoms with E-state index in [9.17, 15) is 0 Å². The van der Waals surface area contributed by atoms with E-state index >= 15 is 0 Å². The van der Waals surface area contributed by atoms with Crippen LogP contribution in [0, 0.1) is 0 Å². The van der Waals surface area contributed by atoms with Gasteiger partial charge in [-0.15, -0.1) is 0 Å². The van der Waals surface area contributed by atoms with Crippen molar-refractivity contribution < 1.29 is 0 Å². The van der Waals surface area contributed by atoms with E-state index in [-0.39, 0.29) is 0 Å². The van der Waals surface area contributed by atoms with Gasteiger partial charge in [0.15, 0.2) is 0 Å². The molecule has 0 rings (SSSR count). The molecule has 16 heavy (non-hydrogen) atoms. The Labute approximate surface area is 116 Å². The third kappa shape index (κ3) is 14.7. The molecule has 0 aliphatic carbocycles. The van der Waals surface area contributed by atoms with Gasteiger partial charge in [-0.1, -0.05) is 100 Å². The first-order valence-corrected chi connectivity index (χ1v) is 8.41. The van der Waals surface area contributed by atoms with E-state index in [1.54, 1.807) is 0 Å². The van der Waals surface area contributed by atoms with Crippen molar-refractivity contribution in [1.29, 1.82) is 0 Å². The maximum absolute atomic E-state index is 5.70. The summed E-state index contributed by atoms with van der Waals surface area (Å²) in [6.07, 6.45) is 16.8. The van der Waals surface area contributed by atoms with Gasteiger partial charge in [-0.2, -0.15) is 0 Å². The van der Waals surface area contributed by atoms with Gasteiger partial charge in [-0.05, 0) is 6.42 Å². The molecule has 0 aromatic heterocycles. The lowest BCUT2D eigenvalue weighted by Gasteiger charge is -2.03. The van der Waals surface area contributed by atoms with Gasteiger partial charge in [0.25, 0.3) is 0 Å². The second kappa shape index (κ2) is 13.8. The van der Waals surface area contributed by atoms with E-state index in [4.69, 9.17) is 5.73 Å². The number of alkyl halides is 1. The Kier molecular flexibility index (Phi) is 14.3. The van der Waals surface area contributed by atoms with Crippen LogP contribution in [0.3, 0.4) is 0 Å². The van der Waals surface area contributed by atoms with Crippen LogP contribution in [0.4, 0.5) is 0 Å². The van der Waals surface area contributed by atoms with Crippen molar-refractivity contribution in [1.82, 2.24) is 0 Å². The van der Waals surface area contributed by atoms with Gasteiger partial charge in [0.1, 0.15) is 0 Å². The quantitative estimate of drug-likeness (QED) is 0.219. The van der Waals surface area contributed by atoms with Gasteiger partial charge in [-0.25, -0.2) is 0 Å². The molecule has 1 nitrogen and oxygen atoms in total. The Morgan fingerprint density at radius 2 is 1.12 bits per heavy atom. The van der Waals surface area contributed by atoms with E-state index < -0.39 is 0 Å². The molecule has 0 aromatic carbocycles. The largest absolute Gasteiger partial charge is 0.320 e. The van der Waals surface area contributed by atoms with E-state index in [2.05, 4.69) is 29.5 Å². The van der Waals surface area contributed by atoms with Gasteiger partial charge in [0.2, 0.25) is 0 Å². The highest BCUT2D eigenvalue weighted by Crippen LogP contribution is 2.13. The van der Waals surface area contributed by atoms with Crippen molar-refractivity contribution in [3.63, 3.8) is 0 Å². The van der Waals surface area contributed by atoms with Crippen molar-refractivity contribution in [2.45, 2.75) is 88.0 Å². The first kappa shape index (κ1) is 16.7. The molecule has 0 bridgehead atoms. The Morgan fingerprint density at radius 3 is 1.50 bits per heavy atom. The molecule has 0 aliphatic heterocycles. The molecule has 0 spiro atoms. The molecule has 0 amide bonds. The number of hydrogen-bond acceptors (Lipinski definition) is 1. The van der Waals surface area contributed by atoms with Gasteiger partial charge in [0, 0.05) is 0 Å². The van der Waals surface area contributed by atoms with Crippen molar-refractivity contribution in [2.75, 3.05) is 0 Å². The fourth-order valence-corrected chi connectivity index (χ4v) is 2.44. The second-order valence-electron chi connectivity index (χ2n) is 4.84. The Balaban J connectivity index is 2.88. The predicted octanol–water partition coefficient (Wildman–Crippen LogP) is 5.41. The minimum Gasteiger partial charge on any atom is -0.320 e. The summed E-state index contributed by atoms with van der Waals surface area (Å²) in [5.41, 5.74) is 5.70. The summed E-state index contributed by atoms with van der Waals surface area (Å²) in [5.74, 6) is 0. The number of halogens is 1. The predicted molar refractivity (Wildman–Crippen MR) is 83.1 cm³/mol. The molecule has 0 aliphatic rings. The molecule has 0 saturated carbocycles. The van der Waals surface area contributed by atoms with E-state index in [0.717, 1.165) is 0 Å². The summed E-state index contributed by atoms with van der Waals surface area (Å²) in [7, 11) is 0. The first-order valence-electron chi connectivity index (χ1n) is 7.17. The molecule has 2 N–H and O–H groups in total. The van der Waals surface area contributed by atoms with Crippen molar-refractivity contribution >= 4 is 22.6 Å². The van der Waals surface area contributed by atoms with E-state index in [1.165, 1.54) is 77.0 Å². The van der Waals surface area contributed by atoms with Crippen LogP contribution in [0.15, 0.2) is 0 Å². The average Bonchev–Trinajstić information content (AvgIpc) is 2.25. The van der Waals surface area contributed by atoms with E-state index in [0.29, 0.717) is 4.05 Å². The normalized spacial score (nSPS) is 12.9. The van der Waals surface area contributed by atoms with Crippen LogP contribution in [0.25, 0.3) is 0 Å². The van der Waals surface area contributed by atoms with Crippen LogP contribution in [-0.4, -0.2) is 4.05 Å². The molecule has 0 fully saturated rings. The van der Waals surface area contributed by atoms with Gasteiger partial charge in [0.05, 0.1) is 4.05 Å². The maximum atomic E-state index is 5.70. The Bertz CT molecular complexity index is 126. The molecule has 0 radical (unpaired) electrons. The van der Waals surface area contributed by atoms with Crippen LogP contribution in [-0.2, 0) is 0 Å². The highest BCUT2D eigenvalue weighted by molar-refractivity contribution is 14.1. The lowest BCUT2D eigenvalue weighted by atomic mass is 10.1. The standard InChI is InChI=1S/C14H30IN/c1-2-3-4-5-6-7-8-9-10-11-12-13-14(15)16/h14H,2-13,16H2,1H3. The summed E-state index contributed by atoms with van der Waals surface area (Å²) < 4.78 is 0.371. The third-order valence-electron chi connectivity index (χ3n) is 3.08. The Hall–Kier alpha value is 0.690. The fraction of sp³-hybridized carbons (Fsp3) is 1.00. The summed E-state index contributed by atoms with van der Waals surface area (Å²) in [6, 6.07) is 0. The molecular weight excluding hydrogens is 309 g/mol. The number of rotatable bonds is 12. The van der Waals surface area contributed by atoms with Gasteiger partial charge >= 0.3 is 0 Å². The monoisotopic (exact) mass is 339 g/mol. The van der Waals surface area contributed by atoms with Crippen LogP contribution in [0.1, 0.15) is 84.0 Å². The average molecular weight is 339 g/mol. The molecule has 1 unspecified atom stereocenters. The highest BCUT2D eigenvalue weighted by Gasteiger charge is 1.96. The highest BCUT2D eigenvalue weighted by atomic mass is 127. The van der Waals surface area contributed by atoms with Gasteiger partial charge in [-0.3, -0.25) is 0 Å². The minimum atomic E-state index is 0.371. The molecule has 98 valence electrons. The van der Waals surface area contributed by atoms with Crippen molar-refractivity contribution in [3.8, 4) is 0 Å². The van der Waals surface area contributed by atoms with Crippen molar-refractivity contribution in [2.24, 2.45) is 5.73 Å². The SMILES string of the molecule is CCCCCCCCCCCCCC(N)I. The summed E-state index contributed by atoms with van der Waals surface area (Å²) in [5, 5.41) is 0. The molecular formula is C14H30IN. The smallest absolute Gasteiger partial charge is 0.0568 e. The summed E-state index contributed by atoms with van der Waals surface area (Å²) in [4.78, 5) is 0. The van der Waals surface area contributed by atoms with Crippen LogP contribution in [0.2, 0.25) is 0 Å². The zero-order valence-corrected chi connectivity index (χ0v) is 13.2. The first-order chi connectivity index (χ1) is 7.77. The minimum absolute atomic E-state index is 0.371. The topological polar surface area (TPSA) is 26.0 Å². The summed E-state index contributed by atoms with van der Waals surface area (Å²) >= 11 is 2.31. The molecule has 0 aromatic rings. The van der Waals surface area contributed by atoms with Crippen LogP contribution in [0.5, 0.6) is 0 Å². The lowest BCUT2D eigenvalue weighted by molar-refractivity contribution is 0.544. The van der Waals surface area contributed by atoms with E-state index in [1.807, 2.05) is 0 Å². The van der Waals surface area contributed by atoms with Gasteiger partial charge < -0.3 is 5.73 Å². The summed E-state index contributed by atoms with van der Waals surface area (Å²) in [6.45, 7) is 2.28. The third-order valence-corrected chi connectivity index (χ3v) is 3.71. The molecule has 1 atom stereocenters. The molecule has 0 heterocycles. The maximum Gasteiger partial charge on any atom is 0.0568 e. The molecule has 2 heteroatoms. The Morgan fingerprint density at radius 1 is 0.750 bits per heavy atom. The number of hydrogen-bond donors (Lipinski definition) is 1. The van der Waals surface area contributed by atoms with Crippen molar-refractivity contribution in [3.05, 3.63) is 0 Å². The second-order valence-corrected chi connectivity index (χ2v) is 6.44. The number of unbranched alkanes of at least 4 members (excludes halogenated alkanes) is 10.